The Bertz CT molecular complexity index is 1330. The molecular formula is C21H17N3O5S2. The molecule has 1 aliphatic rings. The zero-order valence-electron chi connectivity index (χ0n) is 16.4. The number of carbonyl (C=O) groups excluding carboxylic acids is 1. The second-order valence-corrected chi connectivity index (χ2v) is 9.02. The number of nitrogens with one attached hydrogen (secondary N) is 1. The fourth-order valence-electron chi connectivity index (χ4n) is 3.23. The fourth-order valence-corrected chi connectivity index (χ4v) is 4.95. The third-order valence-corrected chi connectivity index (χ3v) is 6.54. The van der Waals surface area contributed by atoms with Crippen LogP contribution in [0.25, 0.3) is 10.2 Å². The molecule has 10 heteroatoms. The number of amides is 1. The predicted molar refractivity (Wildman–Crippen MR) is 118 cm³/mol. The summed E-state index contributed by atoms with van der Waals surface area (Å²) in [5, 5.41) is 3.88. The van der Waals surface area contributed by atoms with Crippen molar-refractivity contribution < 1.29 is 18.7 Å². The Labute approximate surface area is 184 Å². The van der Waals surface area contributed by atoms with Crippen molar-refractivity contribution in [3.05, 3.63) is 63.7 Å². The van der Waals surface area contributed by atoms with Crippen molar-refractivity contribution in [1.82, 2.24) is 9.55 Å². The minimum absolute atomic E-state index is 0.0922. The average molecular weight is 456 g/mol. The van der Waals surface area contributed by atoms with Crippen LogP contribution >= 0.6 is 23.1 Å². The van der Waals surface area contributed by atoms with E-state index in [0.29, 0.717) is 38.3 Å². The van der Waals surface area contributed by atoms with E-state index in [9.17, 15) is 9.59 Å². The van der Waals surface area contributed by atoms with Crippen molar-refractivity contribution in [3.63, 3.8) is 0 Å². The molecule has 3 aromatic heterocycles. The van der Waals surface area contributed by atoms with Crippen molar-refractivity contribution >= 4 is 44.9 Å². The van der Waals surface area contributed by atoms with Gasteiger partial charge in [-0.25, -0.2) is 4.98 Å². The van der Waals surface area contributed by atoms with Gasteiger partial charge in [0, 0.05) is 16.6 Å². The second-order valence-electron chi connectivity index (χ2n) is 6.85. The van der Waals surface area contributed by atoms with Gasteiger partial charge in [0.15, 0.2) is 16.7 Å². The van der Waals surface area contributed by atoms with Gasteiger partial charge >= 0.3 is 0 Å². The average Bonchev–Trinajstić information content (AvgIpc) is 3.49. The van der Waals surface area contributed by atoms with Crippen LogP contribution in [0.1, 0.15) is 10.6 Å². The van der Waals surface area contributed by atoms with E-state index < -0.39 is 0 Å². The Kier molecular flexibility index (Phi) is 5.16. The van der Waals surface area contributed by atoms with Gasteiger partial charge in [-0.15, -0.1) is 11.3 Å². The Hall–Kier alpha value is -3.24. The summed E-state index contributed by atoms with van der Waals surface area (Å²) >= 11 is 2.67. The zero-order valence-corrected chi connectivity index (χ0v) is 18.0. The number of aromatic nitrogens is 2. The van der Waals surface area contributed by atoms with Gasteiger partial charge in [-0.2, -0.15) is 0 Å². The van der Waals surface area contributed by atoms with Crippen LogP contribution in [-0.4, -0.2) is 28.0 Å². The molecule has 158 valence electrons. The lowest BCUT2D eigenvalue weighted by atomic mass is 10.3. The van der Waals surface area contributed by atoms with Crippen molar-refractivity contribution in [2.24, 2.45) is 0 Å². The highest BCUT2D eigenvalue weighted by Gasteiger charge is 2.17. The largest absolute Gasteiger partial charge is 0.467 e. The molecular weight excluding hydrogens is 438 g/mol. The molecule has 1 amide bonds. The number of thioether (sulfide) groups is 1. The molecule has 0 unspecified atom stereocenters. The van der Waals surface area contributed by atoms with Gasteiger partial charge in [0.2, 0.25) is 12.7 Å². The molecule has 31 heavy (non-hydrogen) atoms. The van der Waals surface area contributed by atoms with Crippen LogP contribution in [0.5, 0.6) is 11.5 Å². The van der Waals surface area contributed by atoms with Crippen LogP contribution in [0.4, 0.5) is 5.69 Å². The lowest BCUT2D eigenvalue weighted by molar-refractivity contribution is -0.113. The molecule has 8 nitrogen and oxygen atoms in total. The quantitative estimate of drug-likeness (QED) is 0.348. The Morgan fingerprint density at radius 1 is 1.26 bits per heavy atom. The number of benzene rings is 1. The highest BCUT2D eigenvalue weighted by molar-refractivity contribution is 7.99. The van der Waals surface area contributed by atoms with E-state index >= 15 is 0 Å². The maximum absolute atomic E-state index is 13.1. The van der Waals surface area contributed by atoms with E-state index in [-0.39, 0.29) is 30.6 Å². The molecule has 0 atom stereocenters. The maximum atomic E-state index is 13.1. The first-order valence-corrected chi connectivity index (χ1v) is 11.2. The Morgan fingerprint density at radius 3 is 2.97 bits per heavy atom. The normalized spacial score (nSPS) is 12.4. The molecule has 1 aliphatic heterocycles. The molecule has 1 N–H and O–H groups in total. The second kappa shape index (κ2) is 8.12. The molecule has 0 saturated carbocycles. The van der Waals surface area contributed by atoms with Crippen molar-refractivity contribution in [3.8, 4) is 11.5 Å². The molecule has 0 fully saturated rings. The summed E-state index contributed by atoms with van der Waals surface area (Å²) in [7, 11) is 0. The fraction of sp³-hybridized carbons (Fsp3) is 0.190. The van der Waals surface area contributed by atoms with E-state index in [1.54, 1.807) is 41.2 Å². The number of thiophene rings is 1. The predicted octanol–water partition coefficient (Wildman–Crippen LogP) is 3.87. The highest BCUT2D eigenvalue weighted by atomic mass is 32.2. The summed E-state index contributed by atoms with van der Waals surface area (Å²) in [5.74, 6) is 1.76. The number of hydrogen-bond donors (Lipinski definition) is 1. The lowest BCUT2D eigenvalue weighted by Gasteiger charge is -2.11. The van der Waals surface area contributed by atoms with Crippen LogP contribution in [0.2, 0.25) is 0 Å². The first-order valence-electron chi connectivity index (χ1n) is 9.42. The molecule has 0 spiro atoms. The zero-order chi connectivity index (χ0) is 21.4. The van der Waals surface area contributed by atoms with E-state index in [1.165, 1.54) is 23.1 Å². The summed E-state index contributed by atoms with van der Waals surface area (Å²) in [6, 6.07) is 10.6. The number of rotatable bonds is 6. The number of nitrogens with zero attached hydrogens (tertiary/aromatic N) is 2. The summed E-state index contributed by atoms with van der Waals surface area (Å²) in [5.41, 5.74) is 0.463. The summed E-state index contributed by atoms with van der Waals surface area (Å²) < 4.78 is 17.6. The van der Waals surface area contributed by atoms with Crippen LogP contribution in [-0.2, 0) is 11.3 Å². The van der Waals surface area contributed by atoms with E-state index in [4.69, 9.17) is 13.9 Å². The smallest absolute Gasteiger partial charge is 0.263 e. The molecule has 4 aromatic rings. The van der Waals surface area contributed by atoms with Gasteiger partial charge in [-0.05, 0) is 37.3 Å². The van der Waals surface area contributed by atoms with E-state index in [0.717, 1.165) is 4.88 Å². The minimum atomic E-state index is -0.217. The topological polar surface area (TPSA) is 95.6 Å². The first-order chi connectivity index (χ1) is 15.1. The van der Waals surface area contributed by atoms with Gasteiger partial charge in [-0.3, -0.25) is 14.2 Å². The van der Waals surface area contributed by atoms with Crippen molar-refractivity contribution in [1.29, 1.82) is 0 Å². The van der Waals surface area contributed by atoms with Crippen LogP contribution in [0.3, 0.4) is 0 Å². The number of anilines is 1. The van der Waals surface area contributed by atoms with E-state index in [2.05, 4.69) is 10.3 Å². The molecule has 5 rings (SSSR count). The van der Waals surface area contributed by atoms with Crippen LogP contribution in [0.15, 0.2) is 57.0 Å². The monoisotopic (exact) mass is 455 g/mol. The molecule has 0 saturated heterocycles. The molecule has 0 bridgehead atoms. The number of fused-ring (bicyclic) bond motifs is 2. The summed E-state index contributed by atoms with van der Waals surface area (Å²) in [4.78, 5) is 31.9. The molecule has 1 aromatic carbocycles. The maximum Gasteiger partial charge on any atom is 0.263 e. The van der Waals surface area contributed by atoms with Gasteiger partial charge in [0.25, 0.3) is 5.56 Å². The molecule has 0 aliphatic carbocycles. The van der Waals surface area contributed by atoms with Crippen molar-refractivity contribution in [2.75, 3.05) is 17.9 Å². The van der Waals surface area contributed by atoms with E-state index in [1.807, 2.05) is 13.0 Å². The standard InChI is InChI=1S/C21H17N3O5S2/c1-12-7-15-19(31-12)23-21(24(20(15)26)9-14-3-2-6-27-14)30-10-18(25)22-13-4-5-16-17(8-13)29-11-28-16/h2-8H,9-11H2,1H3,(H,22,25). The summed E-state index contributed by atoms with van der Waals surface area (Å²) in [6.45, 7) is 2.36. The number of aryl methyl sites for hydroxylation is 1. The molecule has 0 radical (unpaired) electrons. The van der Waals surface area contributed by atoms with Gasteiger partial charge in [0.1, 0.15) is 10.6 Å². The third kappa shape index (κ3) is 4.04. The van der Waals surface area contributed by atoms with Gasteiger partial charge in [0.05, 0.1) is 23.9 Å². The Morgan fingerprint density at radius 2 is 2.13 bits per heavy atom. The highest BCUT2D eigenvalue weighted by Crippen LogP contribution is 2.34. The Balaban J connectivity index is 1.37. The number of carbonyl (C=O) groups is 1. The number of ether oxygens (including phenoxy) is 2. The third-order valence-electron chi connectivity index (χ3n) is 4.62. The minimum Gasteiger partial charge on any atom is -0.467 e. The van der Waals surface area contributed by atoms with Crippen LogP contribution < -0.4 is 20.3 Å². The SMILES string of the molecule is Cc1cc2c(=O)n(Cc3ccco3)c(SCC(=O)Nc3ccc4c(c3)OCO4)nc2s1. The van der Waals surface area contributed by atoms with Gasteiger partial charge in [-0.1, -0.05) is 11.8 Å². The van der Waals surface area contributed by atoms with Crippen LogP contribution in [0, 0.1) is 6.92 Å². The summed E-state index contributed by atoms with van der Waals surface area (Å²) in [6.07, 6.45) is 1.56. The first kappa shape index (κ1) is 19.7. The van der Waals surface area contributed by atoms with Gasteiger partial charge < -0.3 is 19.2 Å². The number of furan rings is 1. The lowest BCUT2D eigenvalue weighted by Crippen LogP contribution is -2.24. The van der Waals surface area contributed by atoms with Crippen molar-refractivity contribution in [2.45, 2.75) is 18.6 Å². The number of hydrogen-bond acceptors (Lipinski definition) is 8. The molecule has 4 heterocycles.